The molecule has 0 aliphatic carbocycles. The topological polar surface area (TPSA) is 28.9 Å². The first-order chi connectivity index (χ1) is 29.7. The van der Waals surface area contributed by atoms with E-state index in [1.54, 1.807) is 0 Å². The highest BCUT2D eigenvalue weighted by Gasteiger charge is 2.25. The van der Waals surface area contributed by atoms with Crippen LogP contribution in [0.4, 0.5) is 34.1 Å². The van der Waals surface area contributed by atoms with Gasteiger partial charge in [0.1, 0.15) is 17.1 Å². The number of hydrogen-bond acceptors (Lipinski definition) is 4. The van der Waals surface area contributed by atoms with Crippen LogP contribution in [0.2, 0.25) is 0 Å². The van der Waals surface area contributed by atoms with Crippen molar-refractivity contribution >= 4 is 77.6 Å². The number of benzene rings is 10. The molecule has 2 heterocycles. The van der Waals surface area contributed by atoms with Crippen molar-refractivity contribution in [1.82, 2.24) is 0 Å². The minimum absolute atomic E-state index is 0.821. The van der Waals surface area contributed by atoms with Crippen molar-refractivity contribution in [2.45, 2.75) is 0 Å². The number of fused-ring (bicyclic) bond motifs is 7. The van der Waals surface area contributed by atoms with Crippen LogP contribution in [0.3, 0.4) is 0 Å². The van der Waals surface area contributed by atoms with Gasteiger partial charge in [-0.15, -0.1) is 0 Å². The summed E-state index contributed by atoms with van der Waals surface area (Å²) in [6.45, 7) is 0. The van der Waals surface area contributed by atoms with Crippen LogP contribution in [0.5, 0.6) is 11.5 Å². The third-order valence-electron chi connectivity index (χ3n) is 11.8. The molecule has 4 heteroatoms. The Hall–Kier alpha value is -8.08. The van der Waals surface area contributed by atoms with Gasteiger partial charge >= 0.3 is 0 Å². The van der Waals surface area contributed by atoms with Crippen molar-refractivity contribution in [3.05, 3.63) is 218 Å². The molecule has 0 saturated carbocycles. The first-order valence-corrected chi connectivity index (χ1v) is 20.3. The van der Waals surface area contributed by atoms with Crippen molar-refractivity contribution < 1.29 is 9.15 Å². The lowest BCUT2D eigenvalue weighted by atomic mass is 9.89. The Balaban J connectivity index is 0.940. The van der Waals surface area contributed by atoms with Crippen molar-refractivity contribution in [2.75, 3.05) is 9.80 Å². The highest BCUT2D eigenvalue weighted by atomic mass is 16.5. The molecule has 1 aliphatic heterocycles. The number of ether oxygens (including phenoxy) is 1. The van der Waals surface area contributed by atoms with Crippen LogP contribution in [0.1, 0.15) is 0 Å². The van der Waals surface area contributed by atoms with Gasteiger partial charge in [0.05, 0.1) is 11.4 Å². The monoisotopic (exact) mass is 768 g/mol. The molecule has 0 fully saturated rings. The standard InChI is InChI=1S/C56H36N2O2/c1-4-14-40(15-5-1)57(41-16-6-2-7-17-41)43-30-28-37(29-31-43)38-26-27-39-35-50-46-33-32-44(36-54(46)59-53-25-13-21-47(55(50)53)49(39)34-38)58(42-18-8-3-9-19-42)51-23-12-22-48-45-20-10-11-24-52(45)60-56(48)51/h1-36H. The molecule has 60 heavy (non-hydrogen) atoms. The lowest BCUT2D eigenvalue weighted by Gasteiger charge is -2.28. The van der Waals surface area contributed by atoms with Crippen LogP contribution in [-0.4, -0.2) is 0 Å². The number of furan rings is 1. The van der Waals surface area contributed by atoms with E-state index in [-0.39, 0.29) is 0 Å². The molecular formula is C56H36N2O2. The summed E-state index contributed by atoms with van der Waals surface area (Å²) in [6.07, 6.45) is 0. The van der Waals surface area contributed by atoms with Crippen molar-refractivity contribution in [3.63, 3.8) is 0 Å². The Labute approximate surface area is 347 Å². The molecule has 0 unspecified atom stereocenters. The average Bonchev–Trinajstić information content (AvgIpc) is 3.70. The molecule has 0 amide bonds. The molecule has 1 aliphatic rings. The van der Waals surface area contributed by atoms with Crippen LogP contribution < -0.4 is 14.5 Å². The van der Waals surface area contributed by atoms with E-state index in [1.807, 2.05) is 18.2 Å². The van der Waals surface area contributed by atoms with Gasteiger partial charge < -0.3 is 19.0 Å². The summed E-state index contributed by atoms with van der Waals surface area (Å²) in [7, 11) is 0. The number of hydrogen-bond donors (Lipinski definition) is 0. The van der Waals surface area contributed by atoms with Crippen LogP contribution in [0.25, 0.3) is 65.7 Å². The minimum atomic E-state index is 0.821. The number of nitrogens with zero attached hydrogens (tertiary/aromatic N) is 2. The zero-order valence-corrected chi connectivity index (χ0v) is 32.5. The quantitative estimate of drug-likeness (QED) is 0.151. The Morgan fingerprint density at radius 1 is 0.333 bits per heavy atom. The highest BCUT2D eigenvalue weighted by Crippen LogP contribution is 2.51. The first kappa shape index (κ1) is 34.0. The molecule has 0 radical (unpaired) electrons. The van der Waals surface area contributed by atoms with Gasteiger partial charge in [-0.25, -0.2) is 0 Å². The second-order valence-electron chi connectivity index (χ2n) is 15.3. The number of anilines is 6. The summed E-state index contributed by atoms with van der Waals surface area (Å²) in [6, 6.07) is 77.2. The minimum Gasteiger partial charge on any atom is -0.456 e. The van der Waals surface area contributed by atoms with E-state index in [9.17, 15) is 0 Å². The van der Waals surface area contributed by atoms with E-state index in [2.05, 4.69) is 210 Å². The fourth-order valence-electron chi connectivity index (χ4n) is 9.05. The first-order valence-electron chi connectivity index (χ1n) is 20.3. The Kier molecular flexibility index (Phi) is 7.82. The van der Waals surface area contributed by atoms with Gasteiger partial charge in [0, 0.05) is 50.5 Å². The maximum absolute atomic E-state index is 6.87. The summed E-state index contributed by atoms with van der Waals surface area (Å²) in [5, 5.41) is 6.89. The predicted octanol–water partition coefficient (Wildman–Crippen LogP) is 16.3. The molecule has 0 atom stereocenters. The predicted molar refractivity (Wildman–Crippen MR) is 249 cm³/mol. The van der Waals surface area contributed by atoms with E-state index >= 15 is 0 Å². The lowest BCUT2D eigenvalue weighted by Crippen LogP contribution is -2.10. The molecule has 10 aromatic carbocycles. The molecule has 0 bridgehead atoms. The van der Waals surface area contributed by atoms with Crippen molar-refractivity contribution in [1.29, 1.82) is 0 Å². The van der Waals surface area contributed by atoms with E-state index in [0.717, 1.165) is 84.1 Å². The zero-order valence-electron chi connectivity index (χ0n) is 32.5. The average molecular weight is 769 g/mol. The summed E-state index contributed by atoms with van der Waals surface area (Å²) in [5.74, 6) is 1.68. The summed E-state index contributed by atoms with van der Waals surface area (Å²) in [5.41, 5.74) is 12.6. The maximum atomic E-state index is 6.87. The molecule has 282 valence electrons. The largest absolute Gasteiger partial charge is 0.456 e. The number of rotatable bonds is 7. The smallest absolute Gasteiger partial charge is 0.159 e. The van der Waals surface area contributed by atoms with Crippen LogP contribution in [0, 0.1) is 0 Å². The van der Waals surface area contributed by atoms with E-state index < -0.39 is 0 Å². The third-order valence-corrected chi connectivity index (χ3v) is 11.8. The molecule has 1 aromatic heterocycles. The maximum Gasteiger partial charge on any atom is 0.159 e. The second-order valence-corrected chi connectivity index (χ2v) is 15.3. The summed E-state index contributed by atoms with van der Waals surface area (Å²) in [4.78, 5) is 4.56. The van der Waals surface area contributed by atoms with Crippen molar-refractivity contribution in [2.24, 2.45) is 0 Å². The Morgan fingerprint density at radius 3 is 1.68 bits per heavy atom. The summed E-state index contributed by atoms with van der Waals surface area (Å²) >= 11 is 0. The molecule has 4 nitrogen and oxygen atoms in total. The van der Waals surface area contributed by atoms with Gasteiger partial charge in [-0.2, -0.15) is 0 Å². The lowest BCUT2D eigenvalue weighted by molar-refractivity contribution is 0.487. The van der Waals surface area contributed by atoms with Crippen molar-refractivity contribution in [3.8, 4) is 33.8 Å². The fourth-order valence-corrected chi connectivity index (χ4v) is 9.05. The van der Waals surface area contributed by atoms with Crippen LogP contribution in [-0.2, 0) is 0 Å². The van der Waals surface area contributed by atoms with Crippen LogP contribution in [0.15, 0.2) is 223 Å². The fraction of sp³-hybridized carbons (Fsp3) is 0. The van der Waals surface area contributed by atoms with Gasteiger partial charge in [0.2, 0.25) is 0 Å². The second kappa shape index (κ2) is 13.8. The normalized spacial score (nSPS) is 11.8. The Morgan fingerprint density at radius 2 is 0.933 bits per heavy atom. The molecule has 11 aromatic rings. The highest BCUT2D eigenvalue weighted by molar-refractivity contribution is 6.18. The number of para-hydroxylation sites is 5. The van der Waals surface area contributed by atoms with Gasteiger partial charge in [-0.05, 0) is 124 Å². The Bertz CT molecular complexity index is 3360. The molecular weight excluding hydrogens is 733 g/mol. The van der Waals surface area contributed by atoms with Gasteiger partial charge in [-0.1, -0.05) is 121 Å². The molecule has 0 saturated heterocycles. The SMILES string of the molecule is c1ccc(N(c2ccccc2)c2ccc(-c3ccc4cc5c6c(cccc6c4c3)Oc3cc(N(c4ccccc4)c4cccc6c4oc4ccccc46)ccc3-5)cc2)cc1. The van der Waals surface area contributed by atoms with Crippen LogP contribution >= 0.6 is 0 Å². The van der Waals surface area contributed by atoms with E-state index in [0.29, 0.717) is 0 Å². The summed E-state index contributed by atoms with van der Waals surface area (Å²) < 4.78 is 13.4. The van der Waals surface area contributed by atoms with E-state index in [4.69, 9.17) is 9.15 Å². The van der Waals surface area contributed by atoms with Gasteiger partial charge in [0.15, 0.2) is 5.58 Å². The molecule has 12 rings (SSSR count). The zero-order chi connectivity index (χ0) is 39.6. The van der Waals surface area contributed by atoms with Gasteiger partial charge in [0.25, 0.3) is 0 Å². The van der Waals surface area contributed by atoms with Gasteiger partial charge in [-0.3, -0.25) is 0 Å². The van der Waals surface area contributed by atoms with E-state index in [1.165, 1.54) is 27.3 Å². The molecule has 0 N–H and O–H groups in total. The third kappa shape index (κ3) is 5.53. The molecule has 0 spiro atoms.